The number of benzene rings is 1. The minimum atomic E-state index is 0.126. The lowest BCUT2D eigenvalue weighted by Crippen LogP contribution is -2.28. The van der Waals surface area contributed by atoms with Gasteiger partial charge in [0.25, 0.3) is 5.56 Å². The zero-order valence-electron chi connectivity index (χ0n) is 13.2. The van der Waals surface area contributed by atoms with Crippen LogP contribution in [0.1, 0.15) is 38.6 Å². The van der Waals surface area contributed by atoms with Crippen LogP contribution in [0.3, 0.4) is 0 Å². The molecule has 2 heterocycles. The molecule has 3 aromatic rings. The predicted molar refractivity (Wildman–Crippen MR) is 96.0 cm³/mol. The molecule has 1 aliphatic carbocycles. The Balaban J connectivity index is 1.80. The van der Waals surface area contributed by atoms with Crippen LogP contribution in [0, 0.1) is 5.92 Å². The van der Waals surface area contributed by atoms with Crippen molar-refractivity contribution in [3.8, 4) is 11.1 Å². The average molecular weight is 324 g/mol. The van der Waals surface area contributed by atoms with E-state index in [2.05, 4.69) is 29.4 Å². The smallest absolute Gasteiger partial charge is 0.271 e. The van der Waals surface area contributed by atoms with Crippen LogP contribution >= 0.6 is 11.3 Å². The Morgan fingerprint density at radius 1 is 1.22 bits per heavy atom. The molecule has 0 radical (unpaired) electrons. The van der Waals surface area contributed by atoms with Gasteiger partial charge in [-0.15, -0.1) is 11.3 Å². The monoisotopic (exact) mass is 324 g/mol. The Labute approximate surface area is 139 Å². The van der Waals surface area contributed by atoms with Crippen molar-refractivity contribution in [2.75, 3.05) is 0 Å². The van der Waals surface area contributed by atoms with E-state index in [-0.39, 0.29) is 5.56 Å². The molecule has 2 atom stereocenters. The third-order valence-corrected chi connectivity index (χ3v) is 5.85. The molecule has 4 heteroatoms. The second-order valence-electron chi connectivity index (χ2n) is 6.58. The van der Waals surface area contributed by atoms with E-state index in [4.69, 9.17) is 0 Å². The van der Waals surface area contributed by atoms with Gasteiger partial charge < -0.3 is 0 Å². The first-order valence-corrected chi connectivity index (χ1v) is 9.16. The molecular weight excluding hydrogens is 304 g/mol. The molecular formula is C19H20N2OS. The summed E-state index contributed by atoms with van der Waals surface area (Å²) in [5, 5.41) is 2.06. The summed E-state index contributed by atoms with van der Waals surface area (Å²) in [7, 11) is 0. The molecule has 0 N–H and O–H groups in total. The summed E-state index contributed by atoms with van der Waals surface area (Å²) in [5.74, 6) is 0.694. The molecule has 1 fully saturated rings. The largest absolute Gasteiger partial charge is 0.295 e. The van der Waals surface area contributed by atoms with E-state index in [1.807, 2.05) is 22.8 Å². The minimum Gasteiger partial charge on any atom is -0.295 e. The summed E-state index contributed by atoms with van der Waals surface area (Å²) < 4.78 is 2.66. The summed E-state index contributed by atoms with van der Waals surface area (Å²) in [6, 6.07) is 10.5. The number of hydrogen-bond acceptors (Lipinski definition) is 3. The molecule has 2 aromatic heterocycles. The van der Waals surface area contributed by atoms with Gasteiger partial charge in [0.1, 0.15) is 4.70 Å². The number of hydrogen-bond donors (Lipinski definition) is 0. The van der Waals surface area contributed by atoms with Gasteiger partial charge in [0.15, 0.2) is 0 Å². The highest BCUT2D eigenvalue weighted by molar-refractivity contribution is 7.17. The van der Waals surface area contributed by atoms with Crippen LogP contribution in [0.2, 0.25) is 0 Å². The van der Waals surface area contributed by atoms with Gasteiger partial charge in [0, 0.05) is 17.0 Å². The third-order valence-electron chi connectivity index (χ3n) is 4.89. The summed E-state index contributed by atoms with van der Waals surface area (Å²) in [6.07, 6.45) is 6.43. The van der Waals surface area contributed by atoms with Gasteiger partial charge in [-0.05, 0) is 24.3 Å². The molecule has 118 valence electrons. The zero-order chi connectivity index (χ0) is 15.8. The molecule has 0 bridgehead atoms. The van der Waals surface area contributed by atoms with Crippen molar-refractivity contribution < 1.29 is 0 Å². The highest BCUT2D eigenvalue weighted by atomic mass is 32.1. The first kappa shape index (κ1) is 14.6. The van der Waals surface area contributed by atoms with Crippen molar-refractivity contribution in [3.05, 3.63) is 52.4 Å². The predicted octanol–water partition coefficient (Wildman–Crippen LogP) is 4.88. The number of rotatable bonds is 2. The van der Waals surface area contributed by atoms with Gasteiger partial charge in [-0.3, -0.25) is 9.36 Å². The van der Waals surface area contributed by atoms with Crippen LogP contribution in [-0.2, 0) is 0 Å². The summed E-state index contributed by atoms with van der Waals surface area (Å²) in [5.41, 5.74) is 3.15. The number of thiophene rings is 1. The fourth-order valence-corrected chi connectivity index (χ4v) is 4.62. The van der Waals surface area contributed by atoms with E-state index in [9.17, 15) is 4.79 Å². The first-order valence-electron chi connectivity index (χ1n) is 8.28. The summed E-state index contributed by atoms with van der Waals surface area (Å²) >= 11 is 1.52. The molecule has 0 spiro atoms. The summed E-state index contributed by atoms with van der Waals surface area (Å²) in [4.78, 5) is 17.6. The van der Waals surface area contributed by atoms with E-state index in [1.165, 1.54) is 24.2 Å². The highest BCUT2D eigenvalue weighted by Gasteiger charge is 2.22. The van der Waals surface area contributed by atoms with Gasteiger partial charge in [-0.2, -0.15) is 0 Å². The molecule has 3 nitrogen and oxygen atoms in total. The van der Waals surface area contributed by atoms with Crippen molar-refractivity contribution in [1.29, 1.82) is 0 Å². The van der Waals surface area contributed by atoms with Crippen molar-refractivity contribution in [2.45, 2.75) is 38.6 Å². The Bertz CT molecular complexity index is 881. The minimum absolute atomic E-state index is 0.126. The zero-order valence-corrected chi connectivity index (χ0v) is 14.1. The fourth-order valence-electron chi connectivity index (χ4n) is 3.66. The van der Waals surface area contributed by atoms with Gasteiger partial charge in [0.2, 0.25) is 0 Å². The Hall–Kier alpha value is -1.94. The van der Waals surface area contributed by atoms with Gasteiger partial charge >= 0.3 is 0 Å². The highest BCUT2D eigenvalue weighted by Crippen LogP contribution is 2.33. The lowest BCUT2D eigenvalue weighted by Gasteiger charge is -2.27. The van der Waals surface area contributed by atoms with Gasteiger partial charge in [-0.25, -0.2) is 4.98 Å². The van der Waals surface area contributed by atoms with Crippen LogP contribution in [-0.4, -0.2) is 9.55 Å². The summed E-state index contributed by atoms with van der Waals surface area (Å²) in [6.45, 7) is 2.28. The first-order chi connectivity index (χ1) is 11.2. The molecule has 23 heavy (non-hydrogen) atoms. The molecule has 1 saturated carbocycles. The second-order valence-corrected chi connectivity index (χ2v) is 7.46. The normalized spacial score (nSPS) is 21.6. The molecule has 2 unspecified atom stereocenters. The SMILES string of the molecule is CC1CCCC(n2cnc3c(-c4ccccc4)csc3c2=O)C1. The number of aromatic nitrogens is 2. The maximum Gasteiger partial charge on any atom is 0.271 e. The van der Waals surface area contributed by atoms with Crippen LogP contribution in [0.4, 0.5) is 0 Å². The molecule has 1 aromatic carbocycles. The number of fused-ring (bicyclic) bond motifs is 1. The van der Waals surface area contributed by atoms with Crippen LogP contribution < -0.4 is 5.56 Å². The van der Waals surface area contributed by atoms with Crippen molar-refractivity contribution in [2.24, 2.45) is 5.92 Å². The third kappa shape index (κ3) is 2.61. The lowest BCUT2D eigenvalue weighted by molar-refractivity contribution is 0.277. The van der Waals surface area contributed by atoms with E-state index in [0.29, 0.717) is 12.0 Å². The standard InChI is InChI=1S/C19H20N2OS/c1-13-6-5-9-15(10-13)21-12-20-17-16(11-23-18(17)19(21)22)14-7-3-2-4-8-14/h2-4,7-8,11-13,15H,5-6,9-10H2,1H3. The topological polar surface area (TPSA) is 34.9 Å². The van der Waals surface area contributed by atoms with E-state index in [1.54, 1.807) is 6.33 Å². The molecule has 0 saturated heterocycles. The van der Waals surface area contributed by atoms with Crippen molar-refractivity contribution >= 4 is 21.6 Å². The van der Waals surface area contributed by atoms with Crippen LogP contribution in [0.5, 0.6) is 0 Å². The van der Waals surface area contributed by atoms with Gasteiger partial charge in [-0.1, -0.05) is 50.1 Å². The average Bonchev–Trinajstić information content (AvgIpc) is 3.01. The fraction of sp³-hybridized carbons (Fsp3) is 0.368. The quantitative estimate of drug-likeness (QED) is 0.673. The number of nitrogens with zero attached hydrogens (tertiary/aromatic N) is 2. The maximum atomic E-state index is 12.9. The van der Waals surface area contributed by atoms with E-state index >= 15 is 0 Å². The molecule has 0 amide bonds. The van der Waals surface area contributed by atoms with Crippen molar-refractivity contribution in [1.82, 2.24) is 9.55 Å². The lowest BCUT2D eigenvalue weighted by atomic mass is 9.87. The second kappa shape index (κ2) is 5.93. The van der Waals surface area contributed by atoms with E-state index < -0.39 is 0 Å². The molecule has 0 aliphatic heterocycles. The Morgan fingerprint density at radius 3 is 2.83 bits per heavy atom. The molecule has 4 rings (SSSR count). The molecule has 1 aliphatic rings. The van der Waals surface area contributed by atoms with Crippen molar-refractivity contribution in [3.63, 3.8) is 0 Å². The van der Waals surface area contributed by atoms with Gasteiger partial charge in [0.05, 0.1) is 11.8 Å². The Morgan fingerprint density at radius 2 is 2.04 bits per heavy atom. The van der Waals surface area contributed by atoms with Crippen LogP contribution in [0.15, 0.2) is 46.8 Å². The van der Waals surface area contributed by atoms with E-state index in [0.717, 1.165) is 34.2 Å². The maximum absolute atomic E-state index is 12.9. The Kier molecular flexibility index (Phi) is 3.77. The van der Waals surface area contributed by atoms with Crippen LogP contribution in [0.25, 0.3) is 21.3 Å².